The average Bonchev–Trinajstić information content (AvgIpc) is 3.16. The number of hydrogen-bond donors (Lipinski definition) is 1. The van der Waals surface area contributed by atoms with Crippen LogP contribution < -0.4 is 14.8 Å². The monoisotopic (exact) mass is 401 g/mol. The van der Waals surface area contributed by atoms with Crippen LogP contribution in [-0.4, -0.2) is 29.7 Å². The highest BCUT2D eigenvalue weighted by Gasteiger charge is 2.17. The molecule has 1 heterocycles. The minimum absolute atomic E-state index is 0.0799. The fraction of sp³-hybridized carbons (Fsp3) is 0.167. The molecular weight excluding hydrogens is 378 g/mol. The number of fused-ring (bicyclic) bond motifs is 1. The number of rotatable bonds is 7. The first-order chi connectivity index (χ1) is 14.7. The van der Waals surface area contributed by atoms with Crippen LogP contribution in [0.15, 0.2) is 72.8 Å². The highest BCUT2D eigenvalue weighted by molar-refractivity contribution is 5.84. The predicted octanol–water partition coefficient (Wildman–Crippen LogP) is 4.04. The van der Waals surface area contributed by atoms with E-state index in [-0.39, 0.29) is 12.5 Å². The third-order valence-electron chi connectivity index (χ3n) is 4.93. The van der Waals surface area contributed by atoms with E-state index in [0.717, 1.165) is 22.2 Å². The van der Waals surface area contributed by atoms with Crippen molar-refractivity contribution in [3.05, 3.63) is 78.4 Å². The first-order valence-electron chi connectivity index (χ1n) is 9.68. The number of amides is 1. The van der Waals surface area contributed by atoms with E-state index in [1.807, 2.05) is 77.4 Å². The van der Waals surface area contributed by atoms with Crippen LogP contribution in [-0.2, 0) is 17.9 Å². The molecule has 6 heteroatoms. The third-order valence-corrected chi connectivity index (χ3v) is 4.93. The lowest BCUT2D eigenvalue weighted by molar-refractivity contribution is -0.121. The largest absolute Gasteiger partial charge is 0.493 e. The molecule has 1 amide bonds. The van der Waals surface area contributed by atoms with Crippen LogP contribution in [0.25, 0.3) is 22.4 Å². The van der Waals surface area contributed by atoms with E-state index in [4.69, 9.17) is 14.5 Å². The molecular formula is C24H23N3O3. The molecule has 0 saturated heterocycles. The number of ether oxygens (including phenoxy) is 2. The number of methoxy groups -OCH3 is 2. The molecule has 0 fully saturated rings. The number of nitrogens with one attached hydrogen (secondary N) is 1. The molecule has 3 aromatic carbocycles. The predicted molar refractivity (Wildman–Crippen MR) is 117 cm³/mol. The minimum Gasteiger partial charge on any atom is -0.493 e. The summed E-state index contributed by atoms with van der Waals surface area (Å²) in [5.74, 6) is 1.88. The Morgan fingerprint density at radius 2 is 1.67 bits per heavy atom. The van der Waals surface area contributed by atoms with Gasteiger partial charge in [-0.15, -0.1) is 0 Å². The molecule has 1 N–H and O–H groups in total. The van der Waals surface area contributed by atoms with Gasteiger partial charge in [0.25, 0.3) is 0 Å². The van der Waals surface area contributed by atoms with E-state index >= 15 is 0 Å². The Bertz CT molecular complexity index is 1170. The number of carbonyl (C=O) groups excluding carboxylic acids is 1. The molecule has 0 spiro atoms. The van der Waals surface area contributed by atoms with Crippen molar-refractivity contribution in [2.45, 2.75) is 13.1 Å². The Balaban J connectivity index is 1.66. The molecule has 0 radical (unpaired) electrons. The minimum atomic E-state index is -0.0799. The number of benzene rings is 3. The Labute approximate surface area is 175 Å². The van der Waals surface area contributed by atoms with E-state index in [9.17, 15) is 4.79 Å². The van der Waals surface area contributed by atoms with E-state index in [0.29, 0.717) is 23.9 Å². The molecule has 4 rings (SSSR count). The van der Waals surface area contributed by atoms with E-state index < -0.39 is 0 Å². The molecule has 1 aromatic heterocycles. The zero-order valence-corrected chi connectivity index (χ0v) is 17.0. The van der Waals surface area contributed by atoms with Gasteiger partial charge in [0.15, 0.2) is 11.5 Å². The molecule has 152 valence electrons. The lowest BCUT2D eigenvalue weighted by Gasteiger charge is -2.12. The fourth-order valence-corrected chi connectivity index (χ4v) is 3.43. The molecule has 0 bridgehead atoms. The molecule has 0 aliphatic heterocycles. The van der Waals surface area contributed by atoms with Gasteiger partial charge in [0.1, 0.15) is 12.4 Å². The van der Waals surface area contributed by atoms with Crippen LogP contribution in [0, 0.1) is 0 Å². The van der Waals surface area contributed by atoms with Crippen LogP contribution in [0.4, 0.5) is 0 Å². The lowest BCUT2D eigenvalue weighted by Crippen LogP contribution is -2.27. The number of aromatic nitrogens is 2. The number of imidazole rings is 1. The molecule has 0 saturated carbocycles. The fourth-order valence-electron chi connectivity index (χ4n) is 3.43. The van der Waals surface area contributed by atoms with Crippen LogP contribution in [0.1, 0.15) is 5.56 Å². The van der Waals surface area contributed by atoms with Gasteiger partial charge < -0.3 is 19.4 Å². The molecule has 0 aliphatic carbocycles. The zero-order valence-electron chi connectivity index (χ0n) is 17.0. The van der Waals surface area contributed by atoms with Gasteiger partial charge in [0, 0.05) is 12.1 Å². The van der Waals surface area contributed by atoms with Crippen LogP contribution >= 0.6 is 0 Å². The number of para-hydroxylation sites is 2. The summed E-state index contributed by atoms with van der Waals surface area (Å²) < 4.78 is 12.7. The Morgan fingerprint density at radius 1 is 0.933 bits per heavy atom. The Morgan fingerprint density at radius 3 is 2.43 bits per heavy atom. The van der Waals surface area contributed by atoms with Gasteiger partial charge in [-0.1, -0.05) is 42.5 Å². The summed E-state index contributed by atoms with van der Waals surface area (Å²) in [5.41, 5.74) is 3.64. The van der Waals surface area contributed by atoms with Crippen molar-refractivity contribution < 1.29 is 14.3 Å². The van der Waals surface area contributed by atoms with Crippen molar-refractivity contribution in [3.8, 4) is 22.9 Å². The molecule has 6 nitrogen and oxygen atoms in total. The zero-order chi connectivity index (χ0) is 20.9. The Kier molecular flexibility index (Phi) is 5.66. The number of carbonyl (C=O) groups is 1. The summed E-state index contributed by atoms with van der Waals surface area (Å²) >= 11 is 0. The van der Waals surface area contributed by atoms with Crippen molar-refractivity contribution in [2.24, 2.45) is 0 Å². The highest BCUT2D eigenvalue weighted by Crippen LogP contribution is 2.33. The first-order valence-corrected chi connectivity index (χ1v) is 9.68. The van der Waals surface area contributed by atoms with Gasteiger partial charge in [-0.05, 0) is 35.9 Å². The van der Waals surface area contributed by atoms with Crippen molar-refractivity contribution in [1.29, 1.82) is 0 Å². The van der Waals surface area contributed by atoms with Gasteiger partial charge >= 0.3 is 0 Å². The standard InChI is InChI=1S/C24H23N3O3/c1-29-21-13-12-18(14-22(21)30-2)24-26-19-10-6-7-11-20(19)27(24)16-23(28)25-15-17-8-4-3-5-9-17/h3-14H,15-16H2,1-2H3,(H,25,28). The molecule has 0 atom stereocenters. The first kappa shape index (κ1) is 19.5. The maximum absolute atomic E-state index is 12.7. The van der Waals surface area contributed by atoms with Gasteiger partial charge in [-0.3, -0.25) is 4.79 Å². The van der Waals surface area contributed by atoms with Crippen molar-refractivity contribution >= 4 is 16.9 Å². The molecule has 4 aromatic rings. The third kappa shape index (κ3) is 3.98. The maximum Gasteiger partial charge on any atom is 0.240 e. The summed E-state index contributed by atoms with van der Waals surface area (Å²) in [7, 11) is 3.20. The van der Waals surface area contributed by atoms with Crippen molar-refractivity contribution in [3.63, 3.8) is 0 Å². The van der Waals surface area contributed by atoms with Crippen LogP contribution in [0.5, 0.6) is 11.5 Å². The highest BCUT2D eigenvalue weighted by atomic mass is 16.5. The van der Waals surface area contributed by atoms with Gasteiger partial charge in [-0.2, -0.15) is 0 Å². The number of nitrogens with zero attached hydrogens (tertiary/aromatic N) is 2. The SMILES string of the molecule is COc1ccc(-c2nc3ccccc3n2CC(=O)NCc2ccccc2)cc1OC. The normalized spacial score (nSPS) is 10.7. The summed E-state index contributed by atoms with van der Waals surface area (Å²) in [6, 6.07) is 23.3. The van der Waals surface area contributed by atoms with Crippen molar-refractivity contribution in [2.75, 3.05) is 14.2 Å². The van der Waals surface area contributed by atoms with Gasteiger partial charge in [0.2, 0.25) is 5.91 Å². The second-order valence-corrected chi connectivity index (χ2v) is 6.84. The summed E-state index contributed by atoms with van der Waals surface area (Å²) in [5, 5.41) is 2.99. The lowest BCUT2D eigenvalue weighted by atomic mass is 10.2. The second-order valence-electron chi connectivity index (χ2n) is 6.84. The quantitative estimate of drug-likeness (QED) is 0.508. The van der Waals surface area contributed by atoms with E-state index in [1.165, 1.54) is 0 Å². The second kappa shape index (κ2) is 8.69. The maximum atomic E-state index is 12.7. The van der Waals surface area contributed by atoms with Gasteiger partial charge in [-0.25, -0.2) is 4.98 Å². The smallest absolute Gasteiger partial charge is 0.240 e. The molecule has 0 aliphatic rings. The Hall–Kier alpha value is -3.80. The topological polar surface area (TPSA) is 65.4 Å². The molecule has 0 unspecified atom stereocenters. The van der Waals surface area contributed by atoms with E-state index in [2.05, 4.69) is 5.32 Å². The molecule has 30 heavy (non-hydrogen) atoms. The van der Waals surface area contributed by atoms with Crippen LogP contribution in [0.2, 0.25) is 0 Å². The van der Waals surface area contributed by atoms with Crippen molar-refractivity contribution in [1.82, 2.24) is 14.9 Å². The average molecular weight is 401 g/mol. The summed E-state index contributed by atoms with van der Waals surface area (Å²) in [4.78, 5) is 17.5. The number of hydrogen-bond acceptors (Lipinski definition) is 4. The van der Waals surface area contributed by atoms with Crippen LogP contribution in [0.3, 0.4) is 0 Å². The van der Waals surface area contributed by atoms with Gasteiger partial charge in [0.05, 0.1) is 25.3 Å². The van der Waals surface area contributed by atoms with E-state index in [1.54, 1.807) is 14.2 Å². The summed E-state index contributed by atoms with van der Waals surface area (Å²) in [6.07, 6.45) is 0. The summed E-state index contributed by atoms with van der Waals surface area (Å²) in [6.45, 7) is 0.648.